The van der Waals surface area contributed by atoms with Crippen molar-refractivity contribution in [3.63, 3.8) is 0 Å². The van der Waals surface area contributed by atoms with Crippen LogP contribution in [0.5, 0.6) is 0 Å². The molecule has 0 aromatic rings. The number of thioether (sulfide) groups is 1. The second kappa shape index (κ2) is 6.65. The first-order valence-electron chi connectivity index (χ1n) is 4.71. The van der Waals surface area contributed by atoms with Gasteiger partial charge in [-0.2, -0.15) is 11.8 Å². The highest BCUT2D eigenvalue weighted by atomic mass is 32.2. The molecule has 0 bridgehead atoms. The van der Waals surface area contributed by atoms with Crippen LogP contribution in [-0.4, -0.2) is 42.7 Å². The van der Waals surface area contributed by atoms with Crippen molar-refractivity contribution in [1.82, 2.24) is 0 Å². The molecular formula is C9H18O3S. The zero-order valence-corrected chi connectivity index (χ0v) is 8.89. The van der Waals surface area contributed by atoms with Gasteiger partial charge in [0.05, 0.1) is 12.7 Å². The van der Waals surface area contributed by atoms with Gasteiger partial charge in [-0.15, -0.1) is 0 Å². The van der Waals surface area contributed by atoms with E-state index in [0.29, 0.717) is 18.8 Å². The summed E-state index contributed by atoms with van der Waals surface area (Å²) < 4.78 is 10.5. The summed E-state index contributed by atoms with van der Waals surface area (Å²) in [6, 6.07) is 0. The second-order valence-electron chi connectivity index (χ2n) is 3.43. The fourth-order valence-corrected chi connectivity index (χ4v) is 2.26. The summed E-state index contributed by atoms with van der Waals surface area (Å²) in [4.78, 5) is 0. The van der Waals surface area contributed by atoms with Crippen LogP contribution in [-0.2, 0) is 9.47 Å². The van der Waals surface area contributed by atoms with E-state index in [2.05, 4.69) is 6.92 Å². The zero-order chi connectivity index (χ0) is 9.52. The predicted octanol–water partition coefficient (Wildman–Crippen LogP) is 1.11. The molecule has 0 aromatic heterocycles. The van der Waals surface area contributed by atoms with E-state index < -0.39 is 0 Å². The quantitative estimate of drug-likeness (QED) is 0.731. The number of aliphatic hydroxyl groups is 1. The number of hydrogen-bond donors (Lipinski definition) is 1. The van der Waals surface area contributed by atoms with Crippen molar-refractivity contribution in [2.75, 3.05) is 31.5 Å². The summed E-state index contributed by atoms with van der Waals surface area (Å²) in [5, 5.41) is 8.81. The summed E-state index contributed by atoms with van der Waals surface area (Å²) in [5.41, 5.74) is 0. The van der Waals surface area contributed by atoms with Gasteiger partial charge in [0.25, 0.3) is 0 Å². The Balaban J connectivity index is 1.98. The largest absolute Gasteiger partial charge is 0.396 e. The van der Waals surface area contributed by atoms with Gasteiger partial charge in [0.2, 0.25) is 0 Å². The number of ether oxygens (including phenoxy) is 2. The molecule has 0 aliphatic carbocycles. The van der Waals surface area contributed by atoms with Gasteiger partial charge in [-0.1, -0.05) is 6.92 Å². The normalized spacial score (nSPS) is 25.8. The van der Waals surface area contributed by atoms with E-state index in [1.807, 2.05) is 11.8 Å². The predicted molar refractivity (Wildman–Crippen MR) is 53.9 cm³/mol. The molecule has 78 valence electrons. The summed E-state index contributed by atoms with van der Waals surface area (Å²) in [7, 11) is 0. The van der Waals surface area contributed by atoms with Crippen LogP contribution in [0.3, 0.4) is 0 Å². The van der Waals surface area contributed by atoms with E-state index in [4.69, 9.17) is 14.6 Å². The minimum Gasteiger partial charge on any atom is -0.396 e. The molecule has 1 fully saturated rings. The maximum Gasteiger partial charge on any atom is 0.147 e. The number of rotatable bonds is 5. The highest BCUT2D eigenvalue weighted by Gasteiger charge is 2.14. The lowest BCUT2D eigenvalue weighted by Gasteiger charge is -2.22. The van der Waals surface area contributed by atoms with Gasteiger partial charge in [-0.25, -0.2) is 0 Å². The van der Waals surface area contributed by atoms with Crippen LogP contribution >= 0.6 is 11.8 Å². The molecule has 0 saturated carbocycles. The standard InChI is InChI=1S/C9H18O3S/c1-8(4-10)5-13-6-9-2-3-11-7-12-9/h8-10H,2-7H2,1H3. The zero-order valence-electron chi connectivity index (χ0n) is 8.07. The second-order valence-corrected chi connectivity index (χ2v) is 4.50. The Morgan fingerprint density at radius 1 is 1.62 bits per heavy atom. The third kappa shape index (κ3) is 4.86. The van der Waals surface area contributed by atoms with E-state index in [-0.39, 0.29) is 6.61 Å². The van der Waals surface area contributed by atoms with Gasteiger partial charge in [-0.3, -0.25) is 0 Å². The molecule has 1 aliphatic heterocycles. The van der Waals surface area contributed by atoms with Gasteiger partial charge in [-0.05, 0) is 18.1 Å². The minimum atomic E-state index is 0.279. The van der Waals surface area contributed by atoms with Gasteiger partial charge in [0.1, 0.15) is 6.79 Å². The number of hydrogen-bond acceptors (Lipinski definition) is 4. The van der Waals surface area contributed by atoms with E-state index in [9.17, 15) is 0 Å². The molecule has 1 heterocycles. The molecule has 1 saturated heterocycles. The van der Waals surface area contributed by atoms with E-state index in [1.165, 1.54) is 0 Å². The molecule has 0 spiro atoms. The smallest absolute Gasteiger partial charge is 0.147 e. The van der Waals surface area contributed by atoms with E-state index >= 15 is 0 Å². The van der Waals surface area contributed by atoms with Gasteiger partial charge >= 0.3 is 0 Å². The third-order valence-corrected chi connectivity index (χ3v) is 3.40. The Bertz CT molecular complexity index is 126. The average molecular weight is 206 g/mol. The highest BCUT2D eigenvalue weighted by Crippen LogP contribution is 2.15. The molecule has 4 heteroatoms. The summed E-state index contributed by atoms with van der Waals surface area (Å²) in [6.45, 7) is 3.60. The molecule has 2 atom stereocenters. The van der Waals surface area contributed by atoms with Crippen LogP contribution in [0.25, 0.3) is 0 Å². The molecule has 0 amide bonds. The first-order valence-corrected chi connectivity index (χ1v) is 5.86. The lowest BCUT2D eigenvalue weighted by Crippen LogP contribution is -2.26. The molecule has 0 radical (unpaired) electrons. The van der Waals surface area contributed by atoms with Crippen molar-refractivity contribution >= 4 is 11.8 Å². The lowest BCUT2D eigenvalue weighted by atomic mass is 10.2. The van der Waals surface area contributed by atoms with Gasteiger partial charge in [0.15, 0.2) is 0 Å². The lowest BCUT2D eigenvalue weighted by molar-refractivity contribution is -0.130. The fraction of sp³-hybridized carbons (Fsp3) is 1.00. The maximum atomic E-state index is 8.81. The molecule has 0 aromatic carbocycles. The summed E-state index contributed by atoms with van der Waals surface area (Å²) in [6.07, 6.45) is 1.35. The van der Waals surface area contributed by atoms with Crippen molar-refractivity contribution in [2.45, 2.75) is 19.4 Å². The van der Waals surface area contributed by atoms with Crippen molar-refractivity contribution in [2.24, 2.45) is 5.92 Å². The van der Waals surface area contributed by atoms with Gasteiger partial charge in [0, 0.05) is 12.4 Å². The summed E-state index contributed by atoms with van der Waals surface area (Å²) >= 11 is 1.85. The van der Waals surface area contributed by atoms with E-state index in [1.54, 1.807) is 0 Å². The van der Waals surface area contributed by atoms with Crippen molar-refractivity contribution in [3.05, 3.63) is 0 Å². The molecule has 3 nitrogen and oxygen atoms in total. The fourth-order valence-electron chi connectivity index (χ4n) is 1.09. The highest BCUT2D eigenvalue weighted by molar-refractivity contribution is 7.99. The minimum absolute atomic E-state index is 0.279. The maximum absolute atomic E-state index is 8.81. The van der Waals surface area contributed by atoms with Crippen molar-refractivity contribution in [1.29, 1.82) is 0 Å². The van der Waals surface area contributed by atoms with Crippen LogP contribution < -0.4 is 0 Å². The first-order chi connectivity index (χ1) is 6.33. The molecule has 13 heavy (non-hydrogen) atoms. The van der Waals surface area contributed by atoms with Crippen molar-refractivity contribution in [3.8, 4) is 0 Å². The van der Waals surface area contributed by atoms with Gasteiger partial charge < -0.3 is 14.6 Å². The Labute approximate surface area is 83.8 Å². The molecule has 1 aliphatic rings. The Morgan fingerprint density at radius 3 is 3.08 bits per heavy atom. The van der Waals surface area contributed by atoms with Crippen LogP contribution in [0, 0.1) is 5.92 Å². The van der Waals surface area contributed by atoms with Crippen LogP contribution in [0.2, 0.25) is 0 Å². The third-order valence-electron chi connectivity index (χ3n) is 1.99. The molecule has 2 unspecified atom stereocenters. The van der Waals surface area contributed by atoms with E-state index in [0.717, 1.165) is 24.5 Å². The van der Waals surface area contributed by atoms with Crippen molar-refractivity contribution < 1.29 is 14.6 Å². The summed E-state index contributed by atoms with van der Waals surface area (Å²) in [5.74, 6) is 2.43. The Hall–Kier alpha value is 0.230. The van der Waals surface area contributed by atoms with Crippen LogP contribution in [0.4, 0.5) is 0 Å². The first kappa shape index (κ1) is 11.3. The Kier molecular flexibility index (Phi) is 5.78. The molecule has 1 rings (SSSR count). The Morgan fingerprint density at radius 2 is 2.46 bits per heavy atom. The van der Waals surface area contributed by atoms with Crippen LogP contribution in [0.1, 0.15) is 13.3 Å². The molecular weight excluding hydrogens is 188 g/mol. The average Bonchev–Trinajstić information content (AvgIpc) is 2.19. The number of aliphatic hydroxyl groups excluding tert-OH is 1. The molecule has 1 N–H and O–H groups in total. The SMILES string of the molecule is CC(CO)CSCC1CCOCO1. The topological polar surface area (TPSA) is 38.7 Å². The monoisotopic (exact) mass is 206 g/mol. The van der Waals surface area contributed by atoms with Crippen LogP contribution in [0.15, 0.2) is 0 Å².